The zero-order chi connectivity index (χ0) is 13.1. The predicted octanol–water partition coefficient (Wildman–Crippen LogP) is 0.927. The fourth-order valence-electron chi connectivity index (χ4n) is 2.77. The van der Waals surface area contributed by atoms with Gasteiger partial charge in [-0.05, 0) is 51.6 Å². The van der Waals surface area contributed by atoms with Crippen LogP contribution in [0.15, 0.2) is 0 Å². The fraction of sp³-hybridized carbons (Fsp3) is 0.929. The summed E-state index contributed by atoms with van der Waals surface area (Å²) in [5.74, 6) is 0.947. The van der Waals surface area contributed by atoms with Crippen molar-refractivity contribution < 1.29 is 4.79 Å². The second-order valence-electron chi connectivity index (χ2n) is 6.09. The molecule has 1 N–H and O–H groups in total. The van der Waals surface area contributed by atoms with Gasteiger partial charge in [-0.3, -0.25) is 9.69 Å². The van der Waals surface area contributed by atoms with Gasteiger partial charge in [-0.2, -0.15) is 0 Å². The zero-order valence-electron chi connectivity index (χ0n) is 12.0. The van der Waals surface area contributed by atoms with Crippen LogP contribution in [0.1, 0.15) is 32.6 Å². The van der Waals surface area contributed by atoms with Gasteiger partial charge in [0.2, 0.25) is 5.91 Å². The third-order valence-corrected chi connectivity index (χ3v) is 4.17. The summed E-state index contributed by atoms with van der Waals surface area (Å²) >= 11 is 0. The molecule has 1 heterocycles. The molecule has 18 heavy (non-hydrogen) atoms. The Bertz CT molecular complexity index is 289. The average Bonchev–Trinajstić information content (AvgIpc) is 3.19. The quantitative estimate of drug-likeness (QED) is 0.791. The molecule has 2 atom stereocenters. The lowest BCUT2D eigenvalue weighted by atomic mass is 9.96. The van der Waals surface area contributed by atoms with Gasteiger partial charge in [0.25, 0.3) is 0 Å². The number of likely N-dealkylation sites (tertiary alicyclic amines) is 1. The first-order valence-corrected chi connectivity index (χ1v) is 7.26. The number of hydrogen-bond acceptors (Lipinski definition) is 3. The van der Waals surface area contributed by atoms with E-state index in [2.05, 4.69) is 10.2 Å². The molecule has 2 fully saturated rings. The van der Waals surface area contributed by atoms with Gasteiger partial charge in [0.1, 0.15) is 0 Å². The SMILES string of the molecule is CC(C(=O)N(C)C)N1CCCC(CNC2CC2)C1. The standard InChI is InChI=1S/C14H27N3O/c1-11(14(18)16(2)3)17-8-4-5-12(10-17)9-15-13-6-7-13/h11-13,15H,4-10H2,1-3H3. The van der Waals surface area contributed by atoms with E-state index in [0.29, 0.717) is 0 Å². The number of amides is 1. The number of carbonyl (C=O) groups is 1. The Morgan fingerprint density at radius 2 is 2.11 bits per heavy atom. The Morgan fingerprint density at radius 3 is 2.72 bits per heavy atom. The molecule has 0 aromatic heterocycles. The molecule has 0 radical (unpaired) electrons. The zero-order valence-corrected chi connectivity index (χ0v) is 12.0. The van der Waals surface area contributed by atoms with Gasteiger partial charge in [-0.1, -0.05) is 0 Å². The number of nitrogens with zero attached hydrogens (tertiary/aromatic N) is 2. The van der Waals surface area contributed by atoms with Crippen molar-refractivity contribution in [3.05, 3.63) is 0 Å². The van der Waals surface area contributed by atoms with Crippen LogP contribution < -0.4 is 5.32 Å². The van der Waals surface area contributed by atoms with Gasteiger partial charge >= 0.3 is 0 Å². The van der Waals surface area contributed by atoms with E-state index in [1.165, 1.54) is 25.7 Å². The van der Waals surface area contributed by atoms with E-state index in [1.54, 1.807) is 4.90 Å². The summed E-state index contributed by atoms with van der Waals surface area (Å²) in [5.41, 5.74) is 0. The number of piperidine rings is 1. The fourth-order valence-corrected chi connectivity index (χ4v) is 2.77. The lowest BCUT2D eigenvalue weighted by molar-refractivity contribution is -0.134. The highest BCUT2D eigenvalue weighted by atomic mass is 16.2. The largest absolute Gasteiger partial charge is 0.347 e. The maximum absolute atomic E-state index is 12.0. The van der Waals surface area contributed by atoms with Crippen molar-refractivity contribution in [1.82, 2.24) is 15.1 Å². The molecule has 104 valence electrons. The molecule has 2 aliphatic rings. The van der Waals surface area contributed by atoms with E-state index in [4.69, 9.17) is 0 Å². The van der Waals surface area contributed by atoms with Crippen LogP contribution in [0.2, 0.25) is 0 Å². The van der Waals surface area contributed by atoms with Crippen molar-refractivity contribution in [2.75, 3.05) is 33.7 Å². The van der Waals surface area contributed by atoms with E-state index in [0.717, 1.165) is 31.6 Å². The minimum atomic E-state index is 0.0312. The summed E-state index contributed by atoms with van der Waals surface area (Å²) in [4.78, 5) is 16.1. The monoisotopic (exact) mass is 253 g/mol. The molecule has 1 saturated heterocycles. The van der Waals surface area contributed by atoms with E-state index in [-0.39, 0.29) is 11.9 Å². The van der Waals surface area contributed by atoms with Crippen LogP contribution in [0.5, 0.6) is 0 Å². The topological polar surface area (TPSA) is 35.6 Å². The van der Waals surface area contributed by atoms with E-state index in [1.807, 2.05) is 21.0 Å². The highest BCUT2D eigenvalue weighted by Gasteiger charge is 2.29. The highest BCUT2D eigenvalue weighted by molar-refractivity contribution is 5.80. The number of carbonyl (C=O) groups excluding carboxylic acids is 1. The minimum absolute atomic E-state index is 0.0312. The molecule has 4 heteroatoms. The number of likely N-dealkylation sites (N-methyl/N-ethyl adjacent to an activating group) is 1. The molecule has 1 amide bonds. The molecule has 2 rings (SSSR count). The third-order valence-electron chi connectivity index (χ3n) is 4.17. The van der Waals surface area contributed by atoms with Crippen molar-refractivity contribution >= 4 is 5.91 Å². The van der Waals surface area contributed by atoms with Gasteiger partial charge < -0.3 is 10.2 Å². The van der Waals surface area contributed by atoms with Crippen LogP contribution in [0.25, 0.3) is 0 Å². The molecule has 4 nitrogen and oxygen atoms in total. The molecule has 0 aromatic rings. The summed E-state index contributed by atoms with van der Waals surface area (Å²) < 4.78 is 0. The summed E-state index contributed by atoms with van der Waals surface area (Å²) in [6.07, 6.45) is 5.24. The first kappa shape index (κ1) is 13.8. The Labute approximate surface area is 111 Å². The molecule has 0 aromatic carbocycles. The lowest BCUT2D eigenvalue weighted by Gasteiger charge is -2.37. The lowest BCUT2D eigenvalue weighted by Crippen LogP contribution is -2.50. The molecule has 1 saturated carbocycles. The summed E-state index contributed by atoms with van der Waals surface area (Å²) in [6, 6.07) is 0.824. The highest BCUT2D eigenvalue weighted by Crippen LogP contribution is 2.22. The van der Waals surface area contributed by atoms with Crippen molar-refractivity contribution in [3.63, 3.8) is 0 Å². The number of rotatable bonds is 5. The maximum atomic E-state index is 12.0. The van der Waals surface area contributed by atoms with Crippen molar-refractivity contribution in [2.24, 2.45) is 5.92 Å². The van der Waals surface area contributed by atoms with E-state index < -0.39 is 0 Å². The maximum Gasteiger partial charge on any atom is 0.239 e. The molecule has 0 spiro atoms. The number of nitrogens with one attached hydrogen (secondary N) is 1. The summed E-state index contributed by atoms with van der Waals surface area (Å²) in [6.45, 7) is 5.31. The Kier molecular flexibility index (Phi) is 4.62. The molecular formula is C14H27N3O. The average molecular weight is 253 g/mol. The van der Waals surface area contributed by atoms with Crippen LogP contribution in [0.4, 0.5) is 0 Å². The third kappa shape index (κ3) is 3.69. The van der Waals surface area contributed by atoms with Gasteiger partial charge in [0.05, 0.1) is 6.04 Å². The van der Waals surface area contributed by atoms with E-state index in [9.17, 15) is 4.79 Å². The second-order valence-corrected chi connectivity index (χ2v) is 6.09. The smallest absolute Gasteiger partial charge is 0.239 e. The van der Waals surface area contributed by atoms with Crippen LogP contribution >= 0.6 is 0 Å². The molecule has 1 aliphatic carbocycles. The van der Waals surface area contributed by atoms with Gasteiger partial charge in [-0.15, -0.1) is 0 Å². The van der Waals surface area contributed by atoms with Crippen molar-refractivity contribution in [3.8, 4) is 0 Å². The van der Waals surface area contributed by atoms with Crippen LogP contribution in [-0.4, -0.2) is 61.5 Å². The first-order chi connectivity index (χ1) is 8.58. The van der Waals surface area contributed by atoms with Gasteiger partial charge in [-0.25, -0.2) is 0 Å². The molecular weight excluding hydrogens is 226 g/mol. The molecule has 2 unspecified atom stereocenters. The minimum Gasteiger partial charge on any atom is -0.347 e. The Hall–Kier alpha value is -0.610. The van der Waals surface area contributed by atoms with Crippen molar-refractivity contribution in [2.45, 2.75) is 44.7 Å². The Balaban J connectivity index is 1.79. The first-order valence-electron chi connectivity index (χ1n) is 7.26. The van der Waals surface area contributed by atoms with Gasteiger partial charge in [0, 0.05) is 26.7 Å². The number of hydrogen-bond donors (Lipinski definition) is 1. The summed E-state index contributed by atoms with van der Waals surface area (Å²) in [7, 11) is 3.68. The van der Waals surface area contributed by atoms with E-state index >= 15 is 0 Å². The Morgan fingerprint density at radius 1 is 1.39 bits per heavy atom. The van der Waals surface area contributed by atoms with Crippen LogP contribution in [0, 0.1) is 5.92 Å². The molecule has 0 bridgehead atoms. The van der Waals surface area contributed by atoms with Crippen LogP contribution in [0.3, 0.4) is 0 Å². The van der Waals surface area contributed by atoms with Gasteiger partial charge in [0.15, 0.2) is 0 Å². The predicted molar refractivity (Wildman–Crippen MR) is 73.5 cm³/mol. The van der Waals surface area contributed by atoms with Crippen LogP contribution in [-0.2, 0) is 4.79 Å². The van der Waals surface area contributed by atoms with Crippen molar-refractivity contribution in [1.29, 1.82) is 0 Å². The summed E-state index contributed by atoms with van der Waals surface area (Å²) in [5, 5.41) is 3.62. The normalized spacial score (nSPS) is 26.9. The second kappa shape index (κ2) is 6.02. The molecule has 1 aliphatic heterocycles.